The summed E-state index contributed by atoms with van der Waals surface area (Å²) in [5.74, 6) is -1.30. The number of nitrogens with zero attached hydrogens (tertiary/aromatic N) is 3. The molecule has 0 radical (unpaired) electrons. The number of carbonyl (C=O) groups excluding carboxylic acids is 1. The molecule has 0 spiro atoms. The van der Waals surface area contributed by atoms with E-state index in [1.165, 1.54) is 12.1 Å². The Kier molecular flexibility index (Phi) is 2.49. The molecule has 0 bridgehead atoms. The number of alkyl halides is 3. The molecule has 0 unspecified atom stereocenters. The van der Waals surface area contributed by atoms with E-state index in [0.29, 0.717) is 4.52 Å². The molecule has 2 heterocycles. The van der Waals surface area contributed by atoms with Crippen LogP contribution in [0.1, 0.15) is 16.3 Å². The molecule has 0 fully saturated rings. The van der Waals surface area contributed by atoms with Crippen molar-refractivity contribution in [2.75, 3.05) is 7.11 Å². The van der Waals surface area contributed by atoms with Gasteiger partial charge < -0.3 is 4.74 Å². The van der Waals surface area contributed by atoms with Gasteiger partial charge in [-0.3, -0.25) is 0 Å². The Balaban J connectivity index is 2.65. The molecule has 0 aliphatic carbocycles. The molecule has 0 saturated carbocycles. The molecule has 8 heteroatoms. The average Bonchev–Trinajstić information content (AvgIpc) is 2.69. The van der Waals surface area contributed by atoms with Crippen LogP contribution in [0, 0.1) is 0 Å². The highest BCUT2D eigenvalue weighted by atomic mass is 19.4. The minimum atomic E-state index is -4.57. The van der Waals surface area contributed by atoms with Crippen molar-refractivity contribution in [2.24, 2.45) is 0 Å². The molecule has 0 aromatic carbocycles. The Bertz CT molecular complexity index is 576. The zero-order valence-electron chi connectivity index (χ0n) is 8.52. The van der Waals surface area contributed by atoms with Crippen molar-refractivity contribution >= 4 is 11.6 Å². The van der Waals surface area contributed by atoms with Crippen LogP contribution in [0.25, 0.3) is 5.65 Å². The molecule has 0 atom stereocenters. The minimum Gasteiger partial charge on any atom is -0.463 e. The van der Waals surface area contributed by atoms with E-state index in [1.807, 2.05) is 0 Å². The first-order chi connectivity index (χ1) is 7.93. The fourth-order valence-corrected chi connectivity index (χ4v) is 1.30. The molecule has 0 amide bonds. The Morgan fingerprint density at radius 2 is 2.12 bits per heavy atom. The summed E-state index contributed by atoms with van der Waals surface area (Å²) in [6.45, 7) is 0. The zero-order chi connectivity index (χ0) is 12.6. The molecule has 5 nitrogen and oxygen atoms in total. The number of ether oxygens (including phenoxy) is 1. The summed E-state index contributed by atoms with van der Waals surface area (Å²) in [5, 5.41) is 3.46. The van der Waals surface area contributed by atoms with Gasteiger partial charge >= 0.3 is 12.1 Å². The summed E-state index contributed by atoms with van der Waals surface area (Å²) in [5.41, 5.74) is -1.07. The van der Waals surface area contributed by atoms with Gasteiger partial charge in [-0.05, 0) is 12.1 Å². The second-order valence-corrected chi connectivity index (χ2v) is 3.11. The van der Waals surface area contributed by atoms with Gasteiger partial charge in [-0.1, -0.05) is 6.07 Å². The number of rotatable bonds is 1. The topological polar surface area (TPSA) is 56.5 Å². The van der Waals surface area contributed by atoms with Gasteiger partial charge in [0.1, 0.15) is 5.69 Å². The molecule has 0 N–H and O–H groups in total. The lowest BCUT2D eigenvalue weighted by atomic mass is 10.3. The van der Waals surface area contributed by atoms with Gasteiger partial charge in [-0.25, -0.2) is 14.3 Å². The summed E-state index contributed by atoms with van der Waals surface area (Å²) in [4.78, 5) is 14.7. The summed E-state index contributed by atoms with van der Waals surface area (Å²) >= 11 is 0. The second-order valence-electron chi connectivity index (χ2n) is 3.11. The lowest BCUT2D eigenvalue weighted by Crippen LogP contribution is -2.12. The normalized spacial score (nSPS) is 11.8. The Hall–Kier alpha value is -2.12. The number of fused-ring (bicyclic) bond motifs is 1. The second kappa shape index (κ2) is 3.72. The summed E-state index contributed by atoms with van der Waals surface area (Å²) < 4.78 is 42.7. The first-order valence-electron chi connectivity index (χ1n) is 4.45. The molecule has 0 aliphatic rings. The number of hydrogen-bond acceptors (Lipinski definition) is 4. The highest BCUT2D eigenvalue weighted by molar-refractivity contribution is 5.85. The smallest absolute Gasteiger partial charge is 0.433 e. The fraction of sp³-hybridized carbons (Fsp3) is 0.222. The van der Waals surface area contributed by atoms with Crippen LogP contribution in [0.2, 0.25) is 0 Å². The van der Waals surface area contributed by atoms with Crippen molar-refractivity contribution < 1.29 is 22.7 Å². The van der Waals surface area contributed by atoms with E-state index in [2.05, 4.69) is 14.8 Å². The third kappa shape index (κ3) is 1.93. The van der Waals surface area contributed by atoms with Gasteiger partial charge in [-0.15, -0.1) is 5.10 Å². The molecule has 17 heavy (non-hydrogen) atoms. The maximum atomic E-state index is 12.6. The fourth-order valence-electron chi connectivity index (χ4n) is 1.30. The Labute approximate surface area is 92.8 Å². The van der Waals surface area contributed by atoms with Gasteiger partial charge in [0.05, 0.1) is 7.11 Å². The van der Waals surface area contributed by atoms with Gasteiger partial charge in [0.2, 0.25) is 0 Å². The quantitative estimate of drug-likeness (QED) is 0.715. The maximum absolute atomic E-state index is 12.6. The van der Waals surface area contributed by atoms with Crippen molar-refractivity contribution in [2.45, 2.75) is 6.18 Å². The van der Waals surface area contributed by atoms with Gasteiger partial charge in [0, 0.05) is 0 Å². The van der Waals surface area contributed by atoms with E-state index in [9.17, 15) is 18.0 Å². The van der Waals surface area contributed by atoms with E-state index in [0.717, 1.165) is 13.2 Å². The molecule has 2 aromatic heterocycles. The minimum absolute atomic E-state index is 0.0692. The SMILES string of the molecule is COC(=O)c1nc2cccc(C(F)(F)F)n2n1. The number of aromatic nitrogens is 3. The zero-order valence-corrected chi connectivity index (χ0v) is 8.52. The Morgan fingerprint density at radius 1 is 1.41 bits per heavy atom. The first kappa shape index (κ1) is 11.4. The van der Waals surface area contributed by atoms with Crippen LogP contribution < -0.4 is 0 Å². The predicted molar refractivity (Wildman–Crippen MR) is 49.3 cm³/mol. The highest BCUT2D eigenvalue weighted by Crippen LogP contribution is 2.28. The number of carbonyl (C=O) groups is 1. The lowest BCUT2D eigenvalue weighted by Gasteiger charge is -2.06. The molecular weight excluding hydrogens is 239 g/mol. The predicted octanol–water partition coefficient (Wildman–Crippen LogP) is 1.53. The maximum Gasteiger partial charge on any atom is 0.433 e. The van der Waals surface area contributed by atoms with Crippen LogP contribution in [0.5, 0.6) is 0 Å². The van der Waals surface area contributed by atoms with E-state index in [-0.39, 0.29) is 5.65 Å². The standard InChI is InChI=1S/C9H6F3N3O2/c1-17-8(16)7-13-6-4-2-3-5(9(10,11)12)15(6)14-7/h2-4H,1H3. The number of methoxy groups -OCH3 is 1. The molecule has 2 aromatic rings. The molecular formula is C9H6F3N3O2. The first-order valence-corrected chi connectivity index (χ1v) is 4.45. The van der Waals surface area contributed by atoms with E-state index >= 15 is 0 Å². The van der Waals surface area contributed by atoms with Crippen molar-refractivity contribution in [1.82, 2.24) is 14.6 Å². The number of esters is 1. The molecule has 90 valence electrons. The van der Waals surface area contributed by atoms with Crippen molar-refractivity contribution in [3.05, 3.63) is 29.7 Å². The third-order valence-corrected chi connectivity index (χ3v) is 2.02. The molecule has 2 rings (SSSR count). The monoisotopic (exact) mass is 245 g/mol. The van der Waals surface area contributed by atoms with Crippen molar-refractivity contribution in [1.29, 1.82) is 0 Å². The summed E-state index contributed by atoms with van der Waals surface area (Å²) in [6, 6.07) is 3.35. The van der Waals surface area contributed by atoms with Crippen molar-refractivity contribution in [3.63, 3.8) is 0 Å². The number of pyridine rings is 1. The van der Waals surface area contributed by atoms with Gasteiger partial charge in [0.25, 0.3) is 5.82 Å². The van der Waals surface area contributed by atoms with Crippen LogP contribution in [0.4, 0.5) is 13.2 Å². The van der Waals surface area contributed by atoms with Gasteiger partial charge in [0.15, 0.2) is 5.65 Å². The van der Waals surface area contributed by atoms with Crippen LogP contribution in [-0.4, -0.2) is 27.7 Å². The van der Waals surface area contributed by atoms with Gasteiger partial charge in [-0.2, -0.15) is 13.2 Å². The number of hydrogen-bond donors (Lipinski definition) is 0. The van der Waals surface area contributed by atoms with Crippen LogP contribution >= 0.6 is 0 Å². The lowest BCUT2D eigenvalue weighted by molar-refractivity contribution is -0.142. The van der Waals surface area contributed by atoms with Crippen molar-refractivity contribution in [3.8, 4) is 0 Å². The van der Waals surface area contributed by atoms with E-state index < -0.39 is 23.7 Å². The van der Waals surface area contributed by atoms with Crippen LogP contribution in [0.3, 0.4) is 0 Å². The van der Waals surface area contributed by atoms with E-state index in [1.54, 1.807) is 0 Å². The molecule has 0 saturated heterocycles. The average molecular weight is 245 g/mol. The summed E-state index contributed by atoms with van der Waals surface area (Å²) in [6.07, 6.45) is -4.57. The van der Waals surface area contributed by atoms with E-state index in [4.69, 9.17) is 0 Å². The van der Waals surface area contributed by atoms with Crippen LogP contribution in [-0.2, 0) is 10.9 Å². The largest absolute Gasteiger partial charge is 0.463 e. The summed E-state index contributed by atoms with van der Waals surface area (Å²) in [7, 11) is 1.10. The number of halogens is 3. The Morgan fingerprint density at radius 3 is 2.71 bits per heavy atom. The third-order valence-electron chi connectivity index (χ3n) is 2.02. The molecule has 0 aliphatic heterocycles. The van der Waals surface area contributed by atoms with Crippen LogP contribution in [0.15, 0.2) is 18.2 Å². The highest BCUT2D eigenvalue weighted by Gasteiger charge is 2.34.